The number of nitrogens with two attached hydrogens (primary N) is 2. The molecule has 0 bridgehead atoms. The van der Waals surface area contributed by atoms with Gasteiger partial charge in [-0.05, 0) is 18.7 Å². The predicted octanol–water partition coefficient (Wildman–Crippen LogP) is -1.52. The number of nitrogens with one attached hydrogen (secondary N) is 2. The van der Waals surface area contributed by atoms with Gasteiger partial charge in [-0.3, -0.25) is 9.78 Å². The summed E-state index contributed by atoms with van der Waals surface area (Å²) < 4.78 is 1.77. The van der Waals surface area contributed by atoms with Crippen LogP contribution in [0.4, 0.5) is 0 Å². The van der Waals surface area contributed by atoms with Crippen molar-refractivity contribution in [1.82, 2.24) is 9.55 Å². The molecule has 0 aliphatic carbocycles. The Bertz CT molecular complexity index is 798. The number of hydrogen-bond donors (Lipinski definition) is 4. The molecule has 1 heterocycles. The van der Waals surface area contributed by atoms with Crippen LogP contribution in [-0.2, 0) is 11.8 Å². The van der Waals surface area contributed by atoms with E-state index in [4.69, 9.17) is 22.3 Å². The number of carbonyl (C=O) groups is 1. The minimum absolute atomic E-state index is 0. The van der Waals surface area contributed by atoms with Gasteiger partial charge in [-0.2, -0.15) is 12.2 Å². The fourth-order valence-corrected chi connectivity index (χ4v) is 1.93. The van der Waals surface area contributed by atoms with Crippen LogP contribution < -0.4 is 62.9 Å². The maximum Gasteiger partial charge on any atom is 1.00 e. The minimum atomic E-state index is -0.680. The largest absolute Gasteiger partial charge is 1.00 e. The number of imidazole rings is 1. The molecule has 1 aromatic heterocycles. The Morgan fingerprint density at radius 1 is 1.40 bits per heavy atom. The molecule has 1 rings (SSSR count). The Morgan fingerprint density at radius 3 is 2.48 bits per heavy atom. The summed E-state index contributed by atoms with van der Waals surface area (Å²) >= 11 is 0. The topological polar surface area (TPSA) is 135 Å². The molecule has 0 aliphatic rings. The van der Waals surface area contributed by atoms with E-state index in [0.717, 1.165) is 6.21 Å². The van der Waals surface area contributed by atoms with Crippen molar-refractivity contribution >= 4 is 23.4 Å². The summed E-state index contributed by atoms with van der Waals surface area (Å²) in [6.45, 7) is 6.94. The summed E-state index contributed by atoms with van der Waals surface area (Å²) in [7, 11) is 1.80. The van der Waals surface area contributed by atoms with E-state index in [9.17, 15) is 4.79 Å². The van der Waals surface area contributed by atoms with E-state index in [1.54, 1.807) is 31.7 Å². The van der Waals surface area contributed by atoms with Crippen molar-refractivity contribution < 1.29 is 56.2 Å². The zero-order valence-corrected chi connectivity index (χ0v) is 18.1. The third-order valence-electron chi connectivity index (χ3n) is 3.15. The first-order valence-corrected chi connectivity index (χ1v) is 7.03. The molecule has 1 aromatic rings. The van der Waals surface area contributed by atoms with Crippen LogP contribution >= 0.6 is 0 Å². The fourth-order valence-electron chi connectivity index (χ4n) is 1.93. The third kappa shape index (κ3) is 6.67. The summed E-state index contributed by atoms with van der Waals surface area (Å²) in [4.78, 5) is 15.5. The van der Waals surface area contributed by atoms with E-state index in [-0.39, 0.29) is 62.7 Å². The molecule has 1 amide bonds. The summed E-state index contributed by atoms with van der Waals surface area (Å²) in [6.07, 6.45) is 8.61. The molecule has 126 valence electrons. The van der Waals surface area contributed by atoms with Crippen molar-refractivity contribution in [3.63, 3.8) is 0 Å². The van der Waals surface area contributed by atoms with Gasteiger partial charge >= 0.3 is 51.4 Å². The average molecular weight is 364 g/mol. The van der Waals surface area contributed by atoms with Crippen LogP contribution in [0.3, 0.4) is 0 Å². The molecule has 0 unspecified atom stereocenters. The Balaban J connectivity index is 0.00000576. The van der Waals surface area contributed by atoms with Crippen LogP contribution in [-0.4, -0.2) is 27.4 Å². The molecule has 0 saturated heterocycles. The molecular weight excluding hydrogens is 343 g/mol. The molecule has 0 radical (unpaired) electrons. The van der Waals surface area contributed by atoms with Crippen LogP contribution in [0.25, 0.3) is 5.57 Å². The molecule has 0 saturated carbocycles. The van der Waals surface area contributed by atoms with E-state index in [1.165, 1.54) is 12.2 Å². The number of primary amides is 1. The van der Waals surface area contributed by atoms with Crippen LogP contribution in [0.1, 0.15) is 25.4 Å². The smallest absolute Gasteiger partial charge is 0.398 e. The van der Waals surface area contributed by atoms with E-state index < -0.39 is 5.91 Å². The number of nitrogens with zero attached hydrogens (tertiary/aromatic N) is 2. The van der Waals surface area contributed by atoms with Gasteiger partial charge in [0, 0.05) is 35.7 Å². The molecule has 0 aromatic carbocycles. The van der Waals surface area contributed by atoms with Crippen LogP contribution in [0, 0.1) is 16.9 Å². The molecule has 0 fully saturated rings. The van der Waals surface area contributed by atoms with Crippen LogP contribution in [0.5, 0.6) is 0 Å². The number of allylic oxidation sites excluding steroid dienone is 3. The molecule has 25 heavy (non-hydrogen) atoms. The standard InChI is InChI=1S/C17H21N6O.K/c1-10(16(21)24)7-15(20)14(8-18)12(3)17-22-13(9-23(17)4)6-5-11(2)19;/h5,7-9,18-19H,1,20H2,2-4H3,(H2,21,24);/q-1;+1/b14-12+,15-7+,18-8?,19-11?;. The van der Waals surface area contributed by atoms with Crippen LogP contribution in [0.2, 0.25) is 0 Å². The Morgan fingerprint density at radius 2 is 2.00 bits per heavy atom. The number of rotatable bonds is 7. The average Bonchev–Trinajstić information content (AvgIpc) is 2.86. The number of aryl methyl sites for hydroxylation is 1. The molecular formula is C17H21KN6O. The third-order valence-corrected chi connectivity index (χ3v) is 3.15. The Hall–Kier alpha value is -1.58. The predicted molar refractivity (Wildman–Crippen MR) is 95.5 cm³/mol. The number of amides is 1. The second-order valence-corrected chi connectivity index (χ2v) is 5.20. The van der Waals surface area contributed by atoms with Gasteiger partial charge in [-0.1, -0.05) is 25.4 Å². The minimum Gasteiger partial charge on any atom is -0.398 e. The SMILES string of the molecule is C=C(/C=C(N)\C(C=N)=C(/C)c1nc([C-]=CC(C)=N)cn1C)C(N)=O.[K+]. The van der Waals surface area contributed by atoms with Crippen molar-refractivity contribution in [3.05, 3.63) is 59.4 Å². The number of aromatic nitrogens is 2. The van der Waals surface area contributed by atoms with E-state index in [2.05, 4.69) is 17.6 Å². The second kappa shape index (κ2) is 10.4. The molecule has 0 aliphatic heterocycles. The Labute approximate surface area is 190 Å². The van der Waals surface area contributed by atoms with Gasteiger partial charge in [0.2, 0.25) is 5.91 Å². The second-order valence-electron chi connectivity index (χ2n) is 5.20. The molecule has 8 heteroatoms. The summed E-state index contributed by atoms with van der Waals surface area (Å²) in [6, 6.07) is 0. The van der Waals surface area contributed by atoms with Gasteiger partial charge in [0.05, 0.1) is 0 Å². The normalized spacial score (nSPS) is 12.4. The number of carbonyl (C=O) groups excluding carboxylic acids is 1. The van der Waals surface area contributed by atoms with Gasteiger partial charge < -0.3 is 26.9 Å². The first kappa shape index (κ1) is 23.4. The quantitative estimate of drug-likeness (QED) is 0.154. The fraction of sp³-hybridized carbons (Fsp3) is 0.176. The monoisotopic (exact) mass is 364 g/mol. The summed E-state index contributed by atoms with van der Waals surface area (Å²) in [5.74, 6) is -0.0889. The first-order chi connectivity index (χ1) is 11.2. The van der Waals surface area contributed by atoms with Crippen LogP contribution in [0.15, 0.2) is 41.8 Å². The van der Waals surface area contributed by atoms with Crippen molar-refractivity contribution in [2.45, 2.75) is 13.8 Å². The number of hydrogen-bond acceptors (Lipinski definition) is 5. The summed E-state index contributed by atoms with van der Waals surface area (Å²) in [5.41, 5.74) is 13.3. The van der Waals surface area contributed by atoms with Crippen molar-refractivity contribution in [2.75, 3.05) is 0 Å². The zero-order valence-electron chi connectivity index (χ0n) is 15.0. The first-order valence-electron chi connectivity index (χ1n) is 7.03. The maximum absolute atomic E-state index is 11.1. The Kier molecular flexibility index (Phi) is 9.76. The van der Waals surface area contributed by atoms with Crippen molar-refractivity contribution in [3.8, 4) is 0 Å². The zero-order chi connectivity index (χ0) is 18.4. The van der Waals surface area contributed by atoms with Gasteiger partial charge in [0.25, 0.3) is 0 Å². The molecule has 7 nitrogen and oxygen atoms in total. The summed E-state index contributed by atoms with van der Waals surface area (Å²) in [5, 5.41) is 15.0. The van der Waals surface area contributed by atoms with Gasteiger partial charge in [-0.15, -0.1) is 0 Å². The van der Waals surface area contributed by atoms with Gasteiger partial charge in [0.1, 0.15) is 5.82 Å². The van der Waals surface area contributed by atoms with E-state index >= 15 is 0 Å². The molecule has 0 atom stereocenters. The van der Waals surface area contributed by atoms with E-state index in [1.807, 2.05) is 0 Å². The van der Waals surface area contributed by atoms with Crippen molar-refractivity contribution in [1.29, 1.82) is 10.8 Å². The van der Waals surface area contributed by atoms with Gasteiger partial charge in [0.15, 0.2) is 0 Å². The van der Waals surface area contributed by atoms with Gasteiger partial charge in [-0.25, -0.2) is 0 Å². The molecule has 0 spiro atoms. The molecule has 6 N–H and O–H groups in total. The maximum atomic E-state index is 11.1. The van der Waals surface area contributed by atoms with Crippen molar-refractivity contribution in [2.24, 2.45) is 18.5 Å². The van der Waals surface area contributed by atoms with E-state index in [0.29, 0.717) is 28.4 Å².